The fourth-order valence-corrected chi connectivity index (χ4v) is 2.27. The minimum atomic E-state index is 0.0100. The molecule has 1 N–H and O–H groups in total. The van der Waals surface area contributed by atoms with Crippen molar-refractivity contribution in [3.8, 4) is 5.75 Å². The fourth-order valence-electron chi connectivity index (χ4n) is 2.27. The Morgan fingerprint density at radius 1 is 1.19 bits per heavy atom. The number of aromatic hydroxyl groups is 1. The number of phenols is 1. The topological polar surface area (TPSA) is 20.2 Å². The van der Waals surface area contributed by atoms with Gasteiger partial charge in [-0.15, -0.1) is 0 Å². The lowest BCUT2D eigenvalue weighted by molar-refractivity contribution is 0.434. The Hall–Kier alpha value is -0.980. The summed E-state index contributed by atoms with van der Waals surface area (Å²) in [5.74, 6) is 0.526. The summed E-state index contributed by atoms with van der Waals surface area (Å²) in [5, 5.41) is 10.4. The number of benzene rings is 1. The van der Waals surface area contributed by atoms with Gasteiger partial charge in [-0.2, -0.15) is 0 Å². The highest BCUT2D eigenvalue weighted by Gasteiger charge is 2.42. The van der Waals surface area contributed by atoms with Crippen molar-refractivity contribution in [2.45, 2.75) is 58.3 Å². The Morgan fingerprint density at radius 2 is 1.75 bits per heavy atom. The Bertz CT molecular complexity index is 393. The number of hydrogen-bond acceptors (Lipinski definition) is 1. The van der Waals surface area contributed by atoms with E-state index in [-0.39, 0.29) is 10.8 Å². The van der Waals surface area contributed by atoms with Crippen molar-refractivity contribution in [1.82, 2.24) is 0 Å². The zero-order valence-corrected chi connectivity index (χ0v) is 11.0. The third-order valence-corrected chi connectivity index (χ3v) is 3.71. The second-order valence-corrected chi connectivity index (χ2v) is 6.52. The van der Waals surface area contributed by atoms with E-state index >= 15 is 0 Å². The molecule has 0 heterocycles. The summed E-state index contributed by atoms with van der Waals surface area (Å²) in [5.41, 5.74) is 3.73. The van der Waals surface area contributed by atoms with Gasteiger partial charge in [-0.3, -0.25) is 0 Å². The van der Waals surface area contributed by atoms with Gasteiger partial charge in [-0.1, -0.05) is 45.4 Å². The number of aryl methyl sites for hydroxylation is 1. The van der Waals surface area contributed by atoms with Gasteiger partial charge >= 0.3 is 0 Å². The highest BCUT2D eigenvalue weighted by atomic mass is 16.3. The Balaban J connectivity index is 2.60. The molecule has 0 amide bonds. The van der Waals surface area contributed by atoms with Crippen LogP contribution in [0.1, 0.15) is 57.2 Å². The van der Waals surface area contributed by atoms with Gasteiger partial charge in [-0.05, 0) is 36.2 Å². The maximum absolute atomic E-state index is 10.4. The molecule has 0 radical (unpaired) electrons. The van der Waals surface area contributed by atoms with Crippen LogP contribution in [-0.4, -0.2) is 5.11 Å². The lowest BCUT2D eigenvalue weighted by Crippen LogP contribution is -2.14. The molecule has 1 aromatic carbocycles. The first kappa shape index (κ1) is 11.5. The van der Waals surface area contributed by atoms with E-state index in [4.69, 9.17) is 0 Å². The maximum Gasteiger partial charge on any atom is 0.123 e. The average molecular weight is 218 g/mol. The molecule has 0 spiro atoms. The molecule has 1 saturated carbocycles. The van der Waals surface area contributed by atoms with E-state index in [0.29, 0.717) is 5.75 Å². The first-order chi connectivity index (χ1) is 7.24. The largest absolute Gasteiger partial charge is 0.507 e. The number of phenolic OH excluding ortho intramolecular Hbond substituents is 1. The van der Waals surface area contributed by atoms with Crippen LogP contribution in [0, 0.1) is 6.92 Å². The molecular formula is C15H22O. The van der Waals surface area contributed by atoms with Crippen molar-refractivity contribution in [2.75, 3.05) is 0 Å². The fraction of sp³-hybridized carbons (Fsp3) is 0.600. The van der Waals surface area contributed by atoms with Crippen molar-refractivity contribution >= 4 is 0 Å². The van der Waals surface area contributed by atoms with E-state index < -0.39 is 0 Å². The van der Waals surface area contributed by atoms with Crippen molar-refractivity contribution in [2.24, 2.45) is 0 Å². The lowest BCUT2D eigenvalue weighted by atomic mass is 9.82. The van der Waals surface area contributed by atoms with E-state index in [9.17, 15) is 5.11 Å². The van der Waals surface area contributed by atoms with Crippen LogP contribution in [0.4, 0.5) is 0 Å². The van der Waals surface area contributed by atoms with Gasteiger partial charge in [0.1, 0.15) is 5.75 Å². The van der Waals surface area contributed by atoms with Crippen LogP contribution in [0.5, 0.6) is 5.75 Å². The summed E-state index contributed by atoms with van der Waals surface area (Å²) < 4.78 is 0. The average Bonchev–Trinajstić information content (AvgIpc) is 2.86. The summed E-state index contributed by atoms with van der Waals surface area (Å²) in [4.78, 5) is 0. The van der Waals surface area contributed by atoms with Crippen molar-refractivity contribution in [1.29, 1.82) is 0 Å². The Labute approximate surface area is 98.5 Å². The summed E-state index contributed by atoms with van der Waals surface area (Å²) in [6.07, 6.45) is 2.40. The normalized spacial score (nSPS) is 18.6. The maximum atomic E-state index is 10.4. The summed E-state index contributed by atoms with van der Waals surface area (Å²) in [6.45, 7) is 10.8. The molecule has 16 heavy (non-hydrogen) atoms. The van der Waals surface area contributed by atoms with E-state index in [1.54, 1.807) is 0 Å². The van der Waals surface area contributed by atoms with Crippen LogP contribution < -0.4 is 0 Å². The summed E-state index contributed by atoms with van der Waals surface area (Å²) >= 11 is 0. The molecule has 1 aliphatic rings. The van der Waals surface area contributed by atoms with Gasteiger partial charge in [0.15, 0.2) is 0 Å². The first-order valence-electron chi connectivity index (χ1n) is 6.09. The van der Waals surface area contributed by atoms with Crippen LogP contribution in [0.25, 0.3) is 0 Å². The monoisotopic (exact) mass is 218 g/mol. The molecule has 88 valence electrons. The smallest absolute Gasteiger partial charge is 0.123 e. The third kappa shape index (κ3) is 1.83. The molecular weight excluding hydrogens is 196 g/mol. The highest BCUT2D eigenvalue weighted by molar-refractivity contribution is 5.51. The van der Waals surface area contributed by atoms with Gasteiger partial charge in [0.25, 0.3) is 0 Å². The van der Waals surface area contributed by atoms with Crippen molar-refractivity contribution < 1.29 is 5.11 Å². The zero-order valence-electron chi connectivity index (χ0n) is 11.0. The van der Waals surface area contributed by atoms with Crippen molar-refractivity contribution in [3.63, 3.8) is 0 Å². The van der Waals surface area contributed by atoms with Gasteiger partial charge in [0.05, 0.1) is 0 Å². The van der Waals surface area contributed by atoms with Crippen LogP contribution in [0.15, 0.2) is 12.1 Å². The van der Waals surface area contributed by atoms with Gasteiger partial charge in [-0.25, -0.2) is 0 Å². The predicted octanol–water partition coefficient (Wildman–Crippen LogP) is 4.05. The molecule has 1 aliphatic carbocycles. The second-order valence-electron chi connectivity index (χ2n) is 6.52. The van der Waals surface area contributed by atoms with E-state index in [0.717, 1.165) is 11.1 Å². The SMILES string of the molecule is Cc1cc(C(C)(C)C)c(O)c(C2(C)CC2)c1. The molecule has 1 aromatic rings. The van der Waals surface area contributed by atoms with Crippen molar-refractivity contribution in [3.05, 3.63) is 28.8 Å². The molecule has 1 nitrogen and oxygen atoms in total. The van der Waals surface area contributed by atoms with Crippen LogP contribution in [0.2, 0.25) is 0 Å². The molecule has 0 aromatic heterocycles. The Kier molecular flexibility index (Phi) is 2.34. The van der Waals surface area contributed by atoms with E-state index in [1.165, 1.54) is 18.4 Å². The van der Waals surface area contributed by atoms with Crippen LogP contribution in [0.3, 0.4) is 0 Å². The molecule has 0 atom stereocenters. The molecule has 0 bridgehead atoms. The minimum absolute atomic E-state index is 0.0100. The standard InChI is InChI=1S/C15H22O/c1-10-8-11(14(2,3)4)13(16)12(9-10)15(5)6-7-15/h8-9,16H,6-7H2,1-5H3. The third-order valence-electron chi connectivity index (χ3n) is 3.71. The number of hydrogen-bond donors (Lipinski definition) is 1. The van der Waals surface area contributed by atoms with Crippen LogP contribution in [-0.2, 0) is 10.8 Å². The summed E-state index contributed by atoms with van der Waals surface area (Å²) in [6, 6.07) is 4.27. The molecule has 1 fully saturated rings. The molecule has 1 heteroatoms. The van der Waals surface area contributed by atoms with E-state index in [1.807, 2.05) is 0 Å². The number of rotatable bonds is 1. The van der Waals surface area contributed by atoms with Gasteiger partial charge < -0.3 is 5.11 Å². The van der Waals surface area contributed by atoms with E-state index in [2.05, 4.69) is 46.8 Å². The minimum Gasteiger partial charge on any atom is -0.507 e. The molecule has 0 saturated heterocycles. The van der Waals surface area contributed by atoms with Gasteiger partial charge in [0, 0.05) is 5.56 Å². The Morgan fingerprint density at radius 3 is 2.19 bits per heavy atom. The zero-order chi connectivity index (χ0) is 12.1. The highest BCUT2D eigenvalue weighted by Crippen LogP contribution is 2.52. The van der Waals surface area contributed by atoms with Crippen LogP contribution >= 0.6 is 0 Å². The lowest BCUT2D eigenvalue weighted by Gasteiger charge is -2.24. The molecule has 0 aliphatic heterocycles. The molecule has 2 rings (SSSR count). The second kappa shape index (κ2) is 3.26. The van der Waals surface area contributed by atoms with Gasteiger partial charge in [0.2, 0.25) is 0 Å². The first-order valence-corrected chi connectivity index (χ1v) is 6.09. The predicted molar refractivity (Wildman–Crippen MR) is 68.1 cm³/mol. The summed E-state index contributed by atoms with van der Waals surface area (Å²) in [7, 11) is 0. The molecule has 0 unspecified atom stereocenters. The quantitative estimate of drug-likeness (QED) is 0.754.